The molecule has 0 unspecified atom stereocenters. The van der Waals surface area contributed by atoms with Crippen molar-refractivity contribution in [3.05, 3.63) is 64.0 Å². The number of aryl methyl sites for hydroxylation is 2. The maximum Gasteiger partial charge on any atom is 0.276 e. The predicted molar refractivity (Wildman–Crippen MR) is 113 cm³/mol. The smallest absolute Gasteiger partial charge is 0.276 e. The van der Waals surface area contributed by atoms with Crippen molar-refractivity contribution in [3.63, 3.8) is 0 Å². The van der Waals surface area contributed by atoms with Crippen LogP contribution in [0.2, 0.25) is 0 Å². The van der Waals surface area contributed by atoms with Gasteiger partial charge in [-0.3, -0.25) is 19.5 Å². The van der Waals surface area contributed by atoms with Gasteiger partial charge in [-0.1, -0.05) is 5.16 Å². The molecule has 5 rings (SSSR count). The molecule has 0 aromatic carbocycles. The van der Waals surface area contributed by atoms with Crippen molar-refractivity contribution in [2.45, 2.75) is 25.8 Å². The van der Waals surface area contributed by atoms with Gasteiger partial charge < -0.3 is 9.42 Å². The van der Waals surface area contributed by atoms with Gasteiger partial charge in [-0.25, -0.2) is 4.68 Å². The largest absolute Gasteiger partial charge is 0.355 e. The Kier molecular flexibility index (Phi) is 5.33. The van der Waals surface area contributed by atoms with Gasteiger partial charge in [0, 0.05) is 62.8 Å². The summed E-state index contributed by atoms with van der Waals surface area (Å²) >= 11 is 0. The maximum atomic E-state index is 12.8. The van der Waals surface area contributed by atoms with Crippen LogP contribution >= 0.6 is 0 Å². The molecule has 0 bridgehead atoms. The number of hydrogen-bond acceptors (Lipinski definition) is 7. The zero-order valence-corrected chi connectivity index (χ0v) is 17.2. The highest BCUT2D eigenvalue weighted by molar-refractivity contribution is 5.93. The number of carbonyl (C=O) groups is 1. The lowest BCUT2D eigenvalue weighted by atomic mass is 10.2. The summed E-state index contributed by atoms with van der Waals surface area (Å²) in [4.78, 5) is 33.2. The molecule has 1 saturated heterocycles. The van der Waals surface area contributed by atoms with Crippen molar-refractivity contribution in [1.82, 2.24) is 29.7 Å². The predicted octanol–water partition coefficient (Wildman–Crippen LogP) is 1.24. The fourth-order valence-electron chi connectivity index (χ4n) is 4.19. The van der Waals surface area contributed by atoms with Gasteiger partial charge in [-0.2, -0.15) is 5.10 Å². The first kappa shape index (κ1) is 19.6. The van der Waals surface area contributed by atoms with Crippen LogP contribution in [0.3, 0.4) is 0 Å². The maximum absolute atomic E-state index is 12.8. The van der Waals surface area contributed by atoms with Crippen LogP contribution in [0, 0.1) is 0 Å². The number of nitrogens with zero attached hydrogens (tertiary/aromatic N) is 6. The summed E-state index contributed by atoms with van der Waals surface area (Å²) in [5, 5.41) is 8.48. The summed E-state index contributed by atoms with van der Waals surface area (Å²) in [5.41, 5.74) is 3.24. The van der Waals surface area contributed by atoms with E-state index in [0.717, 1.165) is 55.7 Å². The fraction of sp³-hybridized carbons (Fsp3) is 0.409. The Bertz CT molecular complexity index is 1130. The molecule has 2 aliphatic rings. The van der Waals surface area contributed by atoms with Gasteiger partial charge in [0.15, 0.2) is 11.5 Å². The first-order valence-electron chi connectivity index (χ1n) is 10.7. The molecule has 9 nitrogen and oxygen atoms in total. The van der Waals surface area contributed by atoms with Gasteiger partial charge in [0.25, 0.3) is 11.5 Å². The lowest BCUT2D eigenvalue weighted by molar-refractivity contribution is 0.0621. The number of fused-ring (bicyclic) bond motifs is 1. The molecule has 0 spiro atoms. The summed E-state index contributed by atoms with van der Waals surface area (Å²) in [6.07, 6.45) is 6.36. The normalized spacial score (nSPS) is 16.5. The van der Waals surface area contributed by atoms with Crippen molar-refractivity contribution in [2.24, 2.45) is 0 Å². The van der Waals surface area contributed by atoms with Crippen molar-refractivity contribution >= 4 is 5.91 Å². The van der Waals surface area contributed by atoms with Gasteiger partial charge in [0.2, 0.25) is 0 Å². The number of aromatic nitrogens is 4. The zero-order valence-electron chi connectivity index (χ0n) is 17.2. The van der Waals surface area contributed by atoms with Crippen molar-refractivity contribution < 1.29 is 9.32 Å². The number of hydrogen-bond donors (Lipinski definition) is 0. The lowest BCUT2D eigenvalue weighted by Gasteiger charge is -2.34. The first-order valence-corrected chi connectivity index (χ1v) is 10.7. The molecule has 4 heterocycles. The van der Waals surface area contributed by atoms with Gasteiger partial charge in [-0.15, -0.1) is 0 Å². The molecular formula is C22H24N6O3. The second kappa shape index (κ2) is 8.43. The van der Waals surface area contributed by atoms with Crippen LogP contribution in [0.5, 0.6) is 0 Å². The molecule has 3 aromatic rings. The zero-order chi connectivity index (χ0) is 21.2. The highest BCUT2D eigenvalue weighted by atomic mass is 16.5. The van der Waals surface area contributed by atoms with Crippen molar-refractivity contribution in [3.8, 4) is 11.3 Å². The summed E-state index contributed by atoms with van der Waals surface area (Å²) in [5.74, 6) is 0.400. The van der Waals surface area contributed by atoms with Crippen LogP contribution < -0.4 is 5.56 Å². The molecular weight excluding hydrogens is 396 g/mol. The SMILES string of the molecule is O=C(c1cc(-c2cccnc2)on1)N1CCN(CCn2nc3c(cc2=O)CCC3)CC1. The molecule has 0 radical (unpaired) electrons. The third-order valence-corrected chi connectivity index (χ3v) is 5.99. The minimum atomic E-state index is -0.130. The highest BCUT2D eigenvalue weighted by Crippen LogP contribution is 2.20. The lowest BCUT2D eigenvalue weighted by Crippen LogP contribution is -2.49. The number of amides is 1. The first-order chi connectivity index (χ1) is 15.2. The van der Waals surface area contributed by atoms with Crippen molar-refractivity contribution in [1.29, 1.82) is 0 Å². The van der Waals surface area contributed by atoms with Crippen LogP contribution in [0.15, 0.2) is 46.0 Å². The molecule has 0 atom stereocenters. The van der Waals surface area contributed by atoms with E-state index in [1.807, 2.05) is 12.1 Å². The van der Waals surface area contributed by atoms with Crippen LogP contribution in [0.25, 0.3) is 11.3 Å². The monoisotopic (exact) mass is 420 g/mol. The van der Waals surface area contributed by atoms with E-state index in [0.29, 0.717) is 31.1 Å². The summed E-state index contributed by atoms with van der Waals surface area (Å²) in [7, 11) is 0. The van der Waals surface area contributed by atoms with E-state index < -0.39 is 0 Å². The van der Waals surface area contributed by atoms with E-state index in [1.165, 1.54) is 0 Å². The Balaban J connectivity index is 1.15. The standard InChI is InChI=1S/C22H24N6O3/c29-21-13-16-3-1-5-18(16)24-28(21)12-9-26-7-10-27(11-8-26)22(30)19-14-20(31-25-19)17-4-2-6-23-15-17/h2,4,6,13-15H,1,3,5,7-12H2. The minimum Gasteiger partial charge on any atom is -0.355 e. The van der Waals surface area contributed by atoms with E-state index in [9.17, 15) is 9.59 Å². The van der Waals surface area contributed by atoms with Crippen LogP contribution in [0.1, 0.15) is 28.2 Å². The Morgan fingerprint density at radius 3 is 2.77 bits per heavy atom. The molecule has 31 heavy (non-hydrogen) atoms. The topological polar surface area (TPSA) is 97.4 Å². The molecule has 1 aliphatic carbocycles. The van der Waals surface area contributed by atoms with Gasteiger partial charge in [0.05, 0.1) is 12.2 Å². The average molecular weight is 420 g/mol. The van der Waals surface area contributed by atoms with Gasteiger partial charge in [-0.05, 0) is 37.0 Å². The summed E-state index contributed by atoms with van der Waals surface area (Å²) in [6, 6.07) is 7.08. The second-order valence-electron chi connectivity index (χ2n) is 7.98. The van der Waals surface area contributed by atoms with Crippen molar-refractivity contribution in [2.75, 3.05) is 32.7 Å². The highest BCUT2D eigenvalue weighted by Gasteiger charge is 2.25. The average Bonchev–Trinajstić information content (AvgIpc) is 3.47. The second-order valence-corrected chi connectivity index (χ2v) is 7.98. The van der Waals surface area contributed by atoms with Crippen LogP contribution in [0.4, 0.5) is 0 Å². The van der Waals surface area contributed by atoms with E-state index >= 15 is 0 Å². The Morgan fingerprint density at radius 1 is 1.10 bits per heavy atom. The molecule has 1 amide bonds. The number of pyridine rings is 1. The fourth-order valence-corrected chi connectivity index (χ4v) is 4.19. The number of carbonyl (C=O) groups excluding carboxylic acids is 1. The van der Waals surface area contributed by atoms with Crippen LogP contribution in [-0.2, 0) is 19.4 Å². The van der Waals surface area contributed by atoms with E-state index in [4.69, 9.17) is 4.52 Å². The quantitative estimate of drug-likeness (QED) is 0.613. The Hall–Kier alpha value is -3.33. The molecule has 1 fully saturated rings. The van der Waals surface area contributed by atoms with Crippen LogP contribution in [-0.4, -0.2) is 68.4 Å². The molecule has 1 aliphatic heterocycles. The van der Waals surface area contributed by atoms with E-state index in [-0.39, 0.29) is 11.5 Å². The van der Waals surface area contributed by atoms with Gasteiger partial charge in [0.1, 0.15) is 0 Å². The molecule has 160 valence electrons. The molecule has 0 saturated carbocycles. The third-order valence-electron chi connectivity index (χ3n) is 5.99. The Labute approximate surface area is 179 Å². The Morgan fingerprint density at radius 2 is 1.97 bits per heavy atom. The third kappa shape index (κ3) is 4.13. The number of piperazine rings is 1. The summed E-state index contributed by atoms with van der Waals surface area (Å²) < 4.78 is 6.91. The molecule has 0 N–H and O–H groups in total. The molecule has 3 aromatic heterocycles. The van der Waals surface area contributed by atoms with E-state index in [1.54, 1.807) is 34.1 Å². The minimum absolute atomic E-state index is 0.0232. The van der Waals surface area contributed by atoms with Gasteiger partial charge >= 0.3 is 0 Å². The summed E-state index contributed by atoms with van der Waals surface area (Å²) in [6.45, 7) is 4.03. The van der Waals surface area contributed by atoms with E-state index in [2.05, 4.69) is 20.1 Å². The molecule has 9 heteroatoms. The number of rotatable bonds is 5.